The lowest BCUT2D eigenvalue weighted by Crippen LogP contribution is -1.90. The normalized spacial score (nSPS) is 14.4. The second kappa shape index (κ2) is 7.65. The number of hydrogen-bond donors (Lipinski definition) is 1. The van der Waals surface area contributed by atoms with Crippen molar-refractivity contribution in [3.8, 4) is 0 Å². The van der Waals surface area contributed by atoms with E-state index in [0.29, 0.717) is 30.0 Å². The maximum Gasteiger partial charge on any atom is 0.0791 e. The van der Waals surface area contributed by atoms with E-state index in [1.165, 1.54) is 35.8 Å². The molecule has 2 aromatic carbocycles. The summed E-state index contributed by atoms with van der Waals surface area (Å²) in [6.07, 6.45) is 0. The van der Waals surface area contributed by atoms with Crippen LogP contribution in [0.1, 0.15) is 0 Å². The van der Waals surface area contributed by atoms with Gasteiger partial charge >= 0.3 is 0 Å². The molecule has 0 atom stereocenters. The van der Waals surface area contributed by atoms with Gasteiger partial charge in [0.05, 0.1) is 35.0 Å². The largest absolute Gasteiger partial charge is 0.141 e. The molecule has 0 saturated carbocycles. The van der Waals surface area contributed by atoms with Crippen LogP contribution >= 0.6 is 118 Å². The van der Waals surface area contributed by atoms with Gasteiger partial charge in [-0.3, -0.25) is 0 Å². The van der Waals surface area contributed by atoms with Gasteiger partial charge in [0.15, 0.2) is 0 Å². The average molecular weight is 502 g/mol. The third-order valence-electron chi connectivity index (χ3n) is 2.70. The monoisotopic (exact) mass is 499 g/mol. The highest BCUT2D eigenvalue weighted by atomic mass is 35.5. The van der Waals surface area contributed by atoms with Crippen molar-refractivity contribution in [3.05, 3.63) is 42.3 Å². The molecule has 0 spiro atoms. The summed E-state index contributed by atoms with van der Waals surface area (Å²) in [5.74, 6) is 0. The van der Waals surface area contributed by atoms with Gasteiger partial charge in [-0.05, 0) is 48.0 Å². The molecule has 2 aromatic rings. The summed E-state index contributed by atoms with van der Waals surface area (Å²) in [5, 5.41) is 2.18. The lowest BCUT2D eigenvalue weighted by atomic mass is 10.3. The van der Waals surface area contributed by atoms with Gasteiger partial charge in [-0.1, -0.05) is 69.6 Å². The third-order valence-corrected chi connectivity index (χ3v) is 9.64. The summed E-state index contributed by atoms with van der Waals surface area (Å²) in [7, 11) is 0. The highest BCUT2D eigenvalue weighted by Crippen LogP contribution is 2.58. The molecule has 1 aliphatic rings. The SMILES string of the molecule is Sc1c(SN2Sc3cc(Cl)c(Cl)c(Cl)c3S2)cc(Cl)c(Cl)c1Cl. The first kappa shape index (κ1) is 19.3. The van der Waals surface area contributed by atoms with E-state index < -0.39 is 0 Å². The van der Waals surface area contributed by atoms with Gasteiger partial charge in [0.25, 0.3) is 0 Å². The van der Waals surface area contributed by atoms with Gasteiger partial charge in [-0.2, -0.15) is 0 Å². The average Bonchev–Trinajstić information content (AvgIpc) is 2.91. The summed E-state index contributed by atoms with van der Waals surface area (Å²) in [4.78, 5) is 3.11. The van der Waals surface area contributed by atoms with Crippen molar-refractivity contribution >= 4 is 118 Å². The third kappa shape index (κ3) is 3.81. The van der Waals surface area contributed by atoms with Gasteiger partial charge in [0.1, 0.15) is 0 Å². The molecule has 0 saturated heterocycles. The molecule has 0 aliphatic carbocycles. The molecule has 0 unspecified atom stereocenters. The first-order chi connectivity index (χ1) is 10.8. The number of fused-ring (bicyclic) bond motifs is 1. The van der Waals surface area contributed by atoms with Crippen LogP contribution in [0.2, 0.25) is 30.1 Å². The Morgan fingerprint density at radius 1 is 0.826 bits per heavy atom. The predicted molar refractivity (Wildman–Crippen MR) is 110 cm³/mol. The zero-order chi connectivity index (χ0) is 16.9. The van der Waals surface area contributed by atoms with E-state index in [2.05, 4.69) is 12.6 Å². The Kier molecular flexibility index (Phi) is 6.42. The van der Waals surface area contributed by atoms with Crippen LogP contribution in [0.25, 0.3) is 0 Å². The van der Waals surface area contributed by atoms with E-state index in [0.717, 1.165) is 14.7 Å². The minimum absolute atomic E-state index is 0.286. The zero-order valence-corrected chi connectivity index (χ0v) is 18.4. The van der Waals surface area contributed by atoms with Crippen LogP contribution in [-0.4, -0.2) is 3.12 Å². The number of hydrogen-bond acceptors (Lipinski definition) is 5. The topological polar surface area (TPSA) is 3.24 Å². The standard InChI is InChI=1S/C12H3Cl6NS4/c13-3-1-5(11(20)9(17)7(3)15)21-19-22-6-2-4(14)8(16)10(18)12(6)23-19/h1-2,20H. The van der Waals surface area contributed by atoms with Crippen molar-refractivity contribution in [1.82, 2.24) is 3.12 Å². The van der Waals surface area contributed by atoms with E-state index in [9.17, 15) is 0 Å². The summed E-state index contributed by atoms with van der Waals surface area (Å²) in [6.45, 7) is 0. The summed E-state index contributed by atoms with van der Waals surface area (Å²) < 4.78 is 1.93. The molecule has 0 N–H and O–H groups in total. The highest BCUT2D eigenvalue weighted by molar-refractivity contribution is 8.27. The second-order valence-electron chi connectivity index (χ2n) is 4.14. The van der Waals surface area contributed by atoms with Crippen LogP contribution < -0.4 is 0 Å². The van der Waals surface area contributed by atoms with Crippen LogP contribution in [0.5, 0.6) is 0 Å². The quantitative estimate of drug-likeness (QED) is 0.248. The molecular weight excluding hydrogens is 499 g/mol. The molecular formula is C12H3Cl6NS4. The number of benzene rings is 2. The van der Waals surface area contributed by atoms with Crippen molar-refractivity contribution in [3.63, 3.8) is 0 Å². The molecule has 1 heterocycles. The van der Waals surface area contributed by atoms with Crippen LogP contribution in [0, 0.1) is 0 Å². The maximum absolute atomic E-state index is 6.25. The Morgan fingerprint density at radius 2 is 1.43 bits per heavy atom. The van der Waals surface area contributed by atoms with Gasteiger partial charge in [-0.15, -0.1) is 15.7 Å². The first-order valence-electron chi connectivity index (χ1n) is 5.67. The Morgan fingerprint density at radius 3 is 2.13 bits per heavy atom. The van der Waals surface area contributed by atoms with Crippen LogP contribution in [0.15, 0.2) is 31.7 Å². The van der Waals surface area contributed by atoms with Crippen LogP contribution in [-0.2, 0) is 0 Å². The van der Waals surface area contributed by atoms with Crippen LogP contribution in [0.3, 0.4) is 0 Å². The summed E-state index contributed by atoms with van der Waals surface area (Å²) >= 11 is 45.3. The number of halogens is 6. The molecule has 122 valence electrons. The fourth-order valence-corrected chi connectivity index (χ4v) is 7.21. The molecule has 1 nitrogen and oxygen atoms in total. The molecule has 23 heavy (non-hydrogen) atoms. The van der Waals surface area contributed by atoms with E-state index in [1.54, 1.807) is 12.1 Å². The van der Waals surface area contributed by atoms with Crippen molar-refractivity contribution in [2.75, 3.05) is 0 Å². The minimum Gasteiger partial charge on any atom is -0.141 e. The Labute approximate surface area is 181 Å². The Bertz CT molecular complexity index is 815. The number of rotatable bonds is 2. The molecule has 0 bridgehead atoms. The lowest BCUT2D eigenvalue weighted by Gasteiger charge is -2.14. The van der Waals surface area contributed by atoms with Crippen molar-refractivity contribution in [2.45, 2.75) is 19.6 Å². The molecule has 11 heteroatoms. The van der Waals surface area contributed by atoms with E-state index in [1.807, 2.05) is 3.12 Å². The smallest absolute Gasteiger partial charge is 0.0791 e. The van der Waals surface area contributed by atoms with Crippen molar-refractivity contribution in [1.29, 1.82) is 0 Å². The summed E-state index contributed by atoms with van der Waals surface area (Å²) in [6, 6.07) is 3.50. The Hall–Kier alpha value is 1.54. The van der Waals surface area contributed by atoms with E-state index in [4.69, 9.17) is 69.6 Å². The second-order valence-corrected chi connectivity index (χ2v) is 10.5. The molecule has 0 radical (unpaired) electrons. The molecule has 0 fully saturated rings. The van der Waals surface area contributed by atoms with Gasteiger partial charge in [-0.25, -0.2) is 0 Å². The van der Waals surface area contributed by atoms with Gasteiger partial charge in [0.2, 0.25) is 0 Å². The van der Waals surface area contributed by atoms with Crippen molar-refractivity contribution in [2.24, 2.45) is 0 Å². The van der Waals surface area contributed by atoms with Crippen molar-refractivity contribution < 1.29 is 0 Å². The fraction of sp³-hybridized carbons (Fsp3) is 0. The zero-order valence-electron chi connectivity index (χ0n) is 10.5. The number of thiol groups is 1. The lowest BCUT2D eigenvalue weighted by molar-refractivity contribution is 1.20. The van der Waals surface area contributed by atoms with Gasteiger partial charge in [0, 0.05) is 14.7 Å². The Balaban J connectivity index is 1.89. The molecule has 0 amide bonds. The number of nitrogens with zero attached hydrogens (tertiary/aromatic N) is 1. The molecule has 3 rings (SSSR count). The summed E-state index contributed by atoms with van der Waals surface area (Å²) in [5.41, 5.74) is 0. The van der Waals surface area contributed by atoms with E-state index in [-0.39, 0.29) is 5.02 Å². The first-order valence-corrected chi connectivity index (χ1v) is 10.7. The molecule has 1 aliphatic heterocycles. The fourth-order valence-electron chi connectivity index (χ4n) is 1.63. The van der Waals surface area contributed by atoms with Crippen LogP contribution in [0.4, 0.5) is 0 Å². The maximum atomic E-state index is 6.25. The molecule has 0 aromatic heterocycles. The van der Waals surface area contributed by atoms with E-state index >= 15 is 0 Å². The van der Waals surface area contributed by atoms with Gasteiger partial charge < -0.3 is 0 Å². The predicted octanol–water partition coefficient (Wildman–Crippen LogP) is 8.93. The highest BCUT2D eigenvalue weighted by Gasteiger charge is 2.28. The minimum atomic E-state index is 0.286.